The Morgan fingerprint density at radius 1 is 1.10 bits per heavy atom. The number of halogens is 2. The highest BCUT2D eigenvalue weighted by Crippen LogP contribution is 2.29. The van der Waals surface area contributed by atoms with Gasteiger partial charge >= 0.3 is 0 Å². The number of carbonyl (C=O) groups is 1. The van der Waals surface area contributed by atoms with E-state index >= 15 is 0 Å². The van der Waals surface area contributed by atoms with Crippen LogP contribution in [0.2, 0.25) is 0 Å². The van der Waals surface area contributed by atoms with Crippen LogP contribution in [-0.2, 0) is 4.79 Å². The molecule has 0 N–H and O–H groups in total. The van der Waals surface area contributed by atoms with Crippen molar-refractivity contribution < 1.29 is 9.18 Å². The molecule has 1 unspecified atom stereocenters. The van der Waals surface area contributed by atoms with Crippen LogP contribution in [0.5, 0.6) is 0 Å². The summed E-state index contributed by atoms with van der Waals surface area (Å²) >= 11 is 5.72. The second kappa shape index (κ2) is 7.23. The number of hydrogen-bond donors (Lipinski definition) is 0. The van der Waals surface area contributed by atoms with E-state index in [1.807, 2.05) is 37.3 Å². The number of rotatable bonds is 5. The lowest BCUT2D eigenvalue weighted by Gasteiger charge is -2.31. The fourth-order valence-electron chi connectivity index (χ4n) is 2.41. The van der Waals surface area contributed by atoms with Gasteiger partial charge in [-0.05, 0) is 30.2 Å². The average molecular weight is 306 g/mol. The molecule has 21 heavy (non-hydrogen) atoms. The van der Waals surface area contributed by atoms with Crippen LogP contribution in [0.15, 0.2) is 54.6 Å². The monoisotopic (exact) mass is 305 g/mol. The molecule has 110 valence electrons. The van der Waals surface area contributed by atoms with Crippen molar-refractivity contribution in [1.82, 2.24) is 4.90 Å². The first-order valence-electron chi connectivity index (χ1n) is 6.83. The van der Waals surface area contributed by atoms with Gasteiger partial charge in [-0.25, -0.2) is 4.39 Å². The van der Waals surface area contributed by atoms with Crippen LogP contribution >= 0.6 is 11.6 Å². The predicted octanol–water partition coefficient (Wildman–Crippen LogP) is 4.00. The number of benzene rings is 2. The molecule has 0 aliphatic heterocycles. The van der Waals surface area contributed by atoms with E-state index in [0.717, 1.165) is 11.1 Å². The van der Waals surface area contributed by atoms with E-state index in [1.54, 1.807) is 17.0 Å². The van der Waals surface area contributed by atoms with Gasteiger partial charge in [0.1, 0.15) is 11.7 Å². The third-order valence-corrected chi connectivity index (χ3v) is 3.62. The molecular formula is C17H17ClFNO. The third kappa shape index (κ3) is 3.61. The van der Waals surface area contributed by atoms with Crippen LogP contribution in [0.4, 0.5) is 4.39 Å². The first-order valence-corrected chi connectivity index (χ1v) is 7.36. The molecule has 0 aliphatic rings. The van der Waals surface area contributed by atoms with E-state index in [4.69, 9.17) is 11.6 Å². The van der Waals surface area contributed by atoms with Gasteiger partial charge in [0, 0.05) is 6.54 Å². The van der Waals surface area contributed by atoms with E-state index in [9.17, 15) is 9.18 Å². The molecule has 0 saturated carbocycles. The average Bonchev–Trinajstić information content (AvgIpc) is 2.54. The SMILES string of the molecule is CCN(C(=O)CCl)C(c1ccccc1)c1ccc(F)cc1. The molecule has 0 bridgehead atoms. The molecule has 0 aliphatic carbocycles. The molecule has 0 aromatic heterocycles. The Labute approximate surface area is 129 Å². The highest BCUT2D eigenvalue weighted by atomic mass is 35.5. The molecule has 2 aromatic rings. The van der Waals surface area contributed by atoms with Gasteiger partial charge in [0.25, 0.3) is 0 Å². The Balaban J connectivity index is 2.48. The topological polar surface area (TPSA) is 20.3 Å². The van der Waals surface area contributed by atoms with E-state index in [0.29, 0.717) is 6.54 Å². The van der Waals surface area contributed by atoms with Crippen molar-refractivity contribution in [2.24, 2.45) is 0 Å². The summed E-state index contributed by atoms with van der Waals surface area (Å²) in [5, 5.41) is 0. The predicted molar refractivity (Wildman–Crippen MR) is 82.8 cm³/mol. The molecule has 2 nitrogen and oxygen atoms in total. The molecule has 4 heteroatoms. The van der Waals surface area contributed by atoms with E-state index < -0.39 is 0 Å². The maximum absolute atomic E-state index is 13.2. The number of alkyl halides is 1. The summed E-state index contributed by atoms with van der Waals surface area (Å²) in [6.45, 7) is 2.44. The Kier molecular flexibility index (Phi) is 5.34. The Morgan fingerprint density at radius 3 is 2.19 bits per heavy atom. The summed E-state index contributed by atoms with van der Waals surface area (Å²) in [4.78, 5) is 13.8. The number of amides is 1. The highest BCUT2D eigenvalue weighted by molar-refractivity contribution is 6.27. The lowest BCUT2D eigenvalue weighted by Crippen LogP contribution is -2.36. The molecule has 0 heterocycles. The van der Waals surface area contributed by atoms with Crippen LogP contribution in [0.25, 0.3) is 0 Å². The van der Waals surface area contributed by atoms with E-state index in [-0.39, 0.29) is 23.6 Å². The fraction of sp³-hybridized carbons (Fsp3) is 0.235. The first-order chi connectivity index (χ1) is 10.2. The molecular weight excluding hydrogens is 289 g/mol. The number of carbonyl (C=O) groups excluding carboxylic acids is 1. The maximum Gasteiger partial charge on any atom is 0.238 e. The van der Waals surface area contributed by atoms with Crippen LogP contribution in [-0.4, -0.2) is 23.2 Å². The first kappa shape index (κ1) is 15.5. The van der Waals surface area contributed by atoms with Crippen LogP contribution < -0.4 is 0 Å². The molecule has 1 amide bonds. The summed E-state index contributed by atoms with van der Waals surface area (Å²) in [5.41, 5.74) is 1.84. The second-order valence-corrected chi connectivity index (χ2v) is 4.95. The van der Waals surface area contributed by atoms with Crippen LogP contribution in [0, 0.1) is 5.82 Å². The maximum atomic E-state index is 13.2. The summed E-state index contributed by atoms with van der Waals surface area (Å²) in [6, 6.07) is 15.6. The zero-order valence-corrected chi connectivity index (χ0v) is 12.6. The van der Waals surface area contributed by atoms with Crippen molar-refractivity contribution >= 4 is 17.5 Å². The molecule has 2 aromatic carbocycles. The molecule has 0 fully saturated rings. The zero-order chi connectivity index (χ0) is 15.2. The van der Waals surface area contributed by atoms with Gasteiger partial charge in [-0.15, -0.1) is 11.6 Å². The minimum atomic E-state index is -0.294. The van der Waals surface area contributed by atoms with Crippen molar-refractivity contribution in [2.75, 3.05) is 12.4 Å². The van der Waals surface area contributed by atoms with Gasteiger partial charge in [-0.1, -0.05) is 42.5 Å². The normalized spacial score (nSPS) is 12.0. The Hall–Kier alpha value is -1.87. The second-order valence-electron chi connectivity index (χ2n) is 4.68. The molecule has 0 spiro atoms. The molecule has 0 radical (unpaired) electrons. The smallest absolute Gasteiger partial charge is 0.238 e. The summed E-state index contributed by atoms with van der Waals surface area (Å²) in [6.07, 6.45) is 0. The largest absolute Gasteiger partial charge is 0.331 e. The van der Waals surface area contributed by atoms with Gasteiger partial charge in [0.15, 0.2) is 0 Å². The molecule has 0 saturated heterocycles. The Bertz CT molecular complexity index is 585. The van der Waals surface area contributed by atoms with Crippen molar-refractivity contribution in [3.8, 4) is 0 Å². The zero-order valence-electron chi connectivity index (χ0n) is 11.8. The van der Waals surface area contributed by atoms with E-state index in [1.165, 1.54) is 12.1 Å². The van der Waals surface area contributed by atoms with Gasteiger partial charge in [-0.2, -0.15) is 0 Å². The summed E-state index contributed by atoms with van der Waals surface area (Å²) < 4.78 is 13.2. The lowest BCUT2D eigenvalue weighted by molar-refractivity contribution is -0.129. The fourth-order valence-corrected chi connectivity index (χ4v) is 2.57. The molecule has 2 rings (SSSR count). The standard InChI is InChI=1S/C17H17ClFNO/c1-2-20(16(21)12-18)17(13-6-4-3-5-7-13)14-8-10-15(19)11-9-14/h3-11,17H,2,12H2,1H3. The van der Waals surface area contributed by atoms with Crippen molar-refractivity contribution in [2.45, 2.75) is 13.0 Å². The Morgan fingerprint density at radius 2 is 1.67 bits per heavy atom. The van der Waals surface area contributed by atoms with Gasteiger partial charge in [-0.3, -0.25) is 4.79 Å². The third-order valence-electron chi connectivity index (χ3n) is 3.39. The van der Waals surface area contributed by atoms with Gasteiger partial charge in [0.05, 0.1) is 6.04 Å². The number of nitrogens with zero attached hydrogens (tertiary/aromatic N) is 1. The van der Waals surface area contributed by atoms with E-state index in [2.05, 4.69) is 0 Å². The van der Waals surface area contributed by atoms with Gasteiger partial charge in [0.2, 0.25) is 5.91 Å². The van der Waals surface area contributed by atoms with Crippen LogP contribution in [0.3, 0.4) is 0 Å². The quantitative estimate of drug-likeness (QED) is 0.765. The van der Waals surface area contributed by atoms with Gasteiger partial charge < -0.3 is 4.90 Å². The number of hydrogen-bond acceptors (Lipinski definition) is 1. The minimum absolute atomic E-state index is 0.0711. The minimum Gasteiger partial charge on any atom is -0.331 e. The highest BCUT2D eigenvalue weighted by Gasteiger charge is 2.24. The van der Waals surface area contributed by atoms with Crippen molar-refractivity contribution in [3.63, 3.8) is 0 Å². The summed E-state index contributed by atoms with van der Waals surface area (Å²) in [7, 11) is 0. The van der Waals surface area contributed by atoms with Crippen molar-refractivity contribution in [1.29, 1.82) is 0 Å². The molecule has 1 atom stereocenters. The summed E-state index contributed by atoms with van der Waals surface area (Å²) in [5.74, 6) is -0.507. The lowest BCUT2D eigenvalue weighted by atomic mass is 9.97. The van der Waals surface area contributed by atoms with Crippen LogP contribution in [0.1, 0.15) is 24.1 Å². The van der Waals surface area contributed by atoms with Crippen molar-refractivity contribution in [3.05, 3.63) is 71.5 Å².